The fourth-order valence-electron chi connectivity index (χ4n) is 2.01. The first kappa shape index (κ1) is 25.4. The second-order valence-corrected chi connectivity index (χ2v) is 8.91. The van der Waals surface area contributed by atoms with Gasteiger partial charge in [0, 0.05) is 0 Å². The number of hydrogen-bond acceptors (Lipinski definition) is 0. The standard InChI is InChI=1S/2C8H18N.Sr/c2*1-7(2,3)9-8(4,5)6;/h2*1-6H3;/q2*-1;+2. The Morgan fingerprint density at radius 3 is 0.474 bits per heavy atom. The van der Waals surface area contributed by atoms with Crippen LogP contribution in [0.3, 0.4) is 0 Å². The van der Waals surface area contributed by atoms with Crippen molar-refractivity contribution < 1.29 is 0 Å². The summed E-state index contributed by atoms with van der Waals surface area (Å²) in [5, 5.41) is 9.08. The molecule has 0 saturated carbocycles. The minimum Gasteiger partial charge on any atom is -0.653 e. The first-order chi connectivity index (χ1) is 7.41. The third-order valence-corrected chi connectivity index (χ3v) is 1.34. The predicted molar refractivity (Wildman–Crippen MR) is 91.5 cm³/mol. The van der Waals surface area contributed by atoms with Gasteiger partial charge in [-0.25, -0.2) is 0 Å². The van der Waals surface area contributed by atoms with E-state index in [2.05, 4.69) is 93.7 Å². The molecule has 0 atom stereocenters. The normalized spacial score (nSPS) is 13.3. The van der Waals surface area contributed by atoms with Gasteiger partial charge in [0.05, 0.1) is 0 Å². The second kappa shape index (κ2) is 8.75. The van der Waals surface area contributed by atoms with Crippen molar-refractivity contribution in [2.24, 2.45) is 0 Å². The van der Waals surface area contributed by atoms with Crippen molar-refractivity contribution in [2.75, 3.05) is 0 Å². The van der Waals surface area contributed by atoms with Crippen LogP contribution in [0.1, 0.15) is 83.1 Å². The Morgan fingerprint density at radius 1 is 0.368 bits per heavy atom. The van der Waals surface area contributed by atoms with Gasteiger partial charge in [-0.2, -0.15) is 0 Å². The topological polar surface area (TPSA) is 28.2 Å². The molecule has 0 amide bonds. The van der Waals surface area contributed by atoms with Crippen molar-refractivity contribution >= 4 is 45.5 Å². The van der Waals surface area contributed by atoms with Crippen LogP contribution in [0.4, 0.5) is 0 Å². The first-order valence-electron chi connectivity index (χ1n) is 6.89. The molecule has 3 heteroatoms. The zero-order valence-corrected chi connectivity index (χ0v) is 19.1. The van der Waals surface area contributed by atoms with Crippen LogP contribution in [0, 0.1) is 0 Å². The maximum atomic E-state index is 4.54. The zero-order valence-electron chi connectivity index (χ0n) is 15.6. The number of rotatable bonds is 0. The van der Waals surface area contributed by atoms with Gasteiger partial charge >= 0.3 is 45.5 Å². The first-order valence-corrected chi connectivity index (χ1v) is 6.89. The molecule has 0 saturated heterocycles. The van der Waals surface area contributed by atoms with Crippen LogP contribution in [0.15, 0.2) is 0 Å². The van der Waals surface area contributed by atoms with Crippen LogP contribution in [0.25, 0.3) is 10.6 Å². The van der Waals surface area contributed by atoms with Crippen molar-refractivity contribution in [3.8, 4) is 0 Å². The smallest absolute Gasteiger partial charge is 0.653 e. The molecule has 0 aromatic heterocycles. The third-order valence-electron chi connectivity index (χ3n) is 1.34. The molecule has 0 rings (SSSR count). The maximum Gasteiger partial charge on any atom is 2.00 e. The van der Waals surface area contributed by atoms with Gasteiger partial charge in [0.15, 0.2) is 0 Å². The summed E-state index contributed by atoms with van der Waals surface area (Å²) in [5.74, 6) is 0. The molecule has 112 valence electrons. The van der Waals surface area contributed by atoms with Gasteiger partial charge in [-0.05, 0) is 0 Å². The SMILES string of the molecule is CC(C)(C)[N-]C(C)(C)C.CC(C)(C)[N-]C(C)(C)C.[Sr+2]. The van der Waals surface area contributed by atoms with E-state index in [0.29, 0.717) is 0 Å². The van der Waals surface area contributed by atoms with Gasteiger partial charge in [0.1, 0.15) is 0 Å². The monoisotopic (exact) mass is 344 g/mol. The van der Waals surface area contributed by atoms with Crippen LogP contribution in [-0.4, -0.2) is 67.6 Å². The average Bonchev–Trinajstić information content (AvgIpc) is 1.64. The fourth-order valence-corrected chi connectivity index (χ4v) is 2.01. The van der Waals surface area contributed by atoms with E-state index >= 15 is 0 Å². The Hall–Kier alpha value is 1.40. The molecular weight excluding hydrogens is 308 g/mol. The Bertz CT molecular complexity index is 171. The molecule has 0 fully saturated rings. The Balaban J connectivity index is -0.000000256. The third kappa shape index (κ3) is 32.7. The summed E-state index contributed by atoms with van der Waals surface area (Å²) in [6.45, 7) is 25.5. The molecule has 0 aliphatic rings. The van der Waals surface area contributed by atoms with Crippen LogP contribution >= 0.6 is 0 Å². The van der Waals surface area contributed by atoms with Crippen molar-refractivity contribution in [3.63, 3.8) is 0 Å². The van der Waals surface area contributed by atoms with Gasteiger partial charge in [0.25, 0.3) is 0 Å². The fraction of sp³-hybridized carbons (Fsp3) is 1.00. The summed E-state index contributed by atoms with van der Waals surface area (Å²) in [7, 11) is 0. The van der Waals surface area contributed by atoms with E-state index in [1.807, 2.05) is 0 Å². The molecular formula is C16H36N2Sr. The molecule has 2 nitrogen and oxygen atoms in total. The molecule has 0 aliphatic carbocycles. The summed E-state index contributed by atoms with van der Waals surface area (Å²) in [4.78, 5) is 0. The molecule has 19 heavy (non-hydrogen) atoms. The van der Waals surface area contributed by atoms with Crippen LogP contribution < -0.4 is 0 Å². The summed E-state index contributed by atoms with van der Waals surface area (Å²) < 4.78 is 0. The Labute approximate surface area is 160 Å². The van der Waals surface area contributed by atoms with Gasteiger partial charge in [-0.3, -0.25) is 0 Å². The summed E-state index contributed by atoms with van der Waals surface area (Å²) >= 11 is 0. The average molecular weight is 344 g/mol. The largest absolute Gasteiger partial charge is 2.00 e. The van der Waals surface area contributed by atoms with Crippen molar-refractivity contribution in [3.05, 3.63) is 10.6 Å². The van der Waals surface area contributed by atoms with Crippen molar-refractivity contribution in [1.29, 1.82) is 0 Å². The molecule has 0 N–H and O–H groups in total. The van der Waals surface area contributed by atoms with E-state index in [-0.39, 0.29) is 67.6 Å². The van der Waals surface area contributed by atoms with Gasteiger partial charge in [-0.1, -0.05) is 83.1 Å². The van der Waals surface area contributed by atoms with Crippen molar-refractivity contribution in [1.82, 2.24) is 0 Å². The number of nitrogens with zero attached hydrogens (tertiary/aromatic N) is 2. The summed E-state index contributed by atoms with van der Waals surface area (Å²) in [6.07, 6.45) is 0. The Kier molecular flexibility index (Phi) is 11.7. The quantitative estimate of drug-likeness (QED) is 0.517. The molecule has 0 bridgehead atoms. The van der Waals surface area contributed by atoms with Crippen molar-refractivity contribution in [2.45, 2.75) is 105 Å². The van der Waals surface area contributed by atoms with E-state index in [4.69, 9.17) is 0 Å². The van der Waals surface area contributed by atoms with Gasteiger partial charge in [0.2, 0.25) is 0 Å². The maximum absolute atomic E-state index is 4.54. The molecule has 0 radical (unpaired) electrons. The van der Waals surface area contributed by atoms with Crippen LogP contribution in [-0.2, 0) is 0 Å². The van der Waals surface area contributed by atoms with E-state index in [1.165, 1.54) is 0 Å². The molecule has 0 heterocycles. The van der Waals surface area contributed by atoms with E-state index in [9.17, 15) is 0 Å². The van der Waals surface area contributed by atoms with E-state index in [0.717, 1.165) is 0 Å². The zero-order chi connectivity index (χ0) is 15.4. The summed E-state index contributed by atoms with van der Waals surface area (Å²) in [5.41, 5.74) is 0.438. The molecule has 0 aromatic carbocycles. The minimum atomic E-state index is 0. The van der Waals surface area contributed by atoms with E-state index in [1.54, 1.807) is 0 Å². The molecule has 0 aliphatic heterocycles. The number of hydrogen-bond donors (Lipinski definition) is 0. The molecule has 0 unspecified atom stereocenters. The van der Waals surface area contributed by atoms with Gasteiger partial charge in [-0.15, -0.1) is 22.2 Å². The molecule has 0 spiro atoms. The van der Waals surface area contributed by atoms with E-state index < -0.39 is 0 Å². The van der Waals surface area contributed by atoms with Gasteiger partial charge < -0.3 is 10.6 Å². The summed E-state index contributed by atoms with van der Waals surface area (Å²) in [6, 6.07) is 0. The minimum absolute atomic E-state index is 0. The second-order valence-electron chi connectivity index (χ2n) is 8.91. The van der Waals surface area contributed by atoms with Crippen LogP contribution in [0.2, 0.25) is 0 Å². The molecule has 0 aromatic rings. The Morgan fingerprint density at radius 2 is 0.474 bits per heavy atom. The van der Waals surface area contributed by atoms with Crippen LogP contribution in [0.5, 0.6) is 0 Å². The predicted octanol–water partition coefficient (Wildman–Crippen LogP) is 5.53.